The van der Waals surface area contributed by atoms with Crippen LogP contribution in [0.15, 0.2) is 45.5 Å². The first-order valence-corrected chi connectivity index (χ1v) is 4.78. The Morgan fingerprint density at radius 1 is 1.42 bits per heavy atom. The molecule has 1 aromatic carbocycles. The zero-order chi connectivity index (χ0) is 8.55. The Balaban J connectivity index is 2.68. The summed E-state index contributed by atoms with van der Waals surface area (Å²) in [5.74, 6) is -0.117. The lowest BCUT2D eigenvalue weighted by Crippen LogP contribution is -1.89. The highest BCUT2D eigenvalue weighted by atomic mass is 32.2. The Kier molecular flexibility index (Phi) is 1.66. The molecule has 1 atom stereocenters. The van der Waals surface area contributed by atoms with E-state index < -0.39 is 10.7 Å². The lowest BCUT2D eigenvalue weighted by atomic mass is 10.2. The van der Waals surface area contributed by atoms with Gasteiger partial charge in [-0.15, -0.1) is 0 Å². The largest absolute Gasteiger partial charge is 0.284 e. The van der Waals surface area contributed by atoms with E-state index in [1.165, 1.54) is 0 Å². The number of hydrogen-bond acceptors (Lipinski definition) is 1. The van der Waals surface area contributed by atoms with E-state index in [4.69, 9.17) is 0 Å². The van der Waals surface area contributed by atoms with Gasteiger partial charge in [-0.25, -0.2) is 0 Å². The van der Waals surface area contributed by atoms with Crippen molar-refractivity contribution in [2.75, 3.05) is 0 Å². The van der Waals surface area contributed by atoms with Gasteiger partial charge in [0.15, 0.2) is 0 Å². The molecular formula is C9H7NOS. The van der Waals surface area contributed by atoms with Crippen LogP contribution >= 0.6 is 0 Å². The number of amides is 1. The SMILES string of the molecule is C=CS1=NC(=O)c2ccccc21. The van der Waals surface area contributed by atoms with Gasteiger partial charge >= 0.3 is 0 Å². The molecule has 0 bridgehead atoms. The van der Waals surface area contributed by atoms with E-state index >= 15 is 0 Å². The zero-order valence-electron chi connectivity index (χ0n) is 6.36. The number of carbonyl (C=O) groups is 1. The number of fused-ring (bicyclic) bond motifs is 1. The molecule has 1 heterocycles. The summed E-state index contributed by atoms with van der Waals surface area (Å²) < 4.78 is 3.95. The van der Waals surface area contributed by atoms with Crippen molar-refractivity contribution in [3.05, 3.63) is 41.8 Å². The molecule has 1 aliphatic rings. The van der Waals surface area contributed by atoms with Crippen LogP contribution in [0.25, 0.3) is 0 Å². The maximum Gasteiger partial charge on any atom is 0.284 e. The minimum Gasteiger partial charge on any atom is -0.266 e. The van der Waals surface area contributed by atoms with Gasteiger partial charge in [-0.1, -0.05) is 18.7 Å². The van der Waals surface area contributed by atoms with Crippen LogP contribution in [0, 0.1) is 0 Å². The predicted molar refractivity (Wildman–Crippen MR) is 49.0 cm³/mol. The molecular weight excluding hydrogens is 170 g/mol. The summed E-state index contributed by atoms with van der Waals surface area (Å²) in [5.41, 5.74) is 0.723. The van der Waals surface area contributed by atoms with Crippen molar-refractivity contribution >= 4 is 16.6 Å². The van der Waals surface area contributed by atoms with E-state index in [1.807, 2.05) is 18.2 Å². The van der Waals surface area contributed by atoms with Crippen molar-refractivity contribution in [2.24, 2.45) is 4.36 Å². The van der Waals surface area contributed by atoms with Gasteiger partial charge in [-0.2, -0.15) is 4.36 Å². The van der Waals surface area contributed by atoms with E-state index in [9.17, 15) is 4.79 Å². The van der Waals surface area contributed by atoms with Crippen LogP contribution in [-0.4, -0.2) is 5.91 Å². The highest BCUT2D eigenvalue weighted by molar-refractivity contribution is 7.91. The molecule has 0 aliphatic carbocycles. The second-order valence-corrected chi connectivity index (χ2v) is 3.96. The molecule has 1 amide bonds. The van der Waals surface area contributed by atoms with Gasteiger partial charge in [0.25, 0.3) is 5.91 Å². The van der Waals surface area contributed by atoms with Crippen LogP contribution in [0.5, 0.6) is 0 Å². The van der Waals surface area contributed by atoms with E-state index in [0.717, 1.165) is 10.5 Å². The van der Waals surface area contributed by atoms with E-state index in [-0.39, 0.29) is 5.91 Å². The smallest absolute Gasteiger partial charge is 0.266 e. The number of benzene rings is 1. The van der Waals surface area contributed by atoms with Gasteiger partial charge in [0, 0.05) is 4.90 Å². The summed E-state index contributed by atoms with van der Waals surface area (Å²) in [7, 11) is -0.400. The van der Waals surface area contributed by atoms with Crippen molar-refractivity contribution < 1.29 is 4.79 Å². The van der Waals surface area contributed by atoms with Gasteiger partial charge in [-0.3, -0.25) is 4.79 Å². The molecule has 0 aromatic heterocycles. The van der Waals surface area contributed by atoms with Gasteiger partial charge in [-0.05, 0) is 28.2 Å². The molecule has 1 aliphatic heterocycles. The topological polar surface area (TPSA) is 29.4 Å². The third kappa shape index (κ3) is 0.940. The Bertz CT molecular complexity index is 395. The number of rotatable bonds is 1. The second-order valence-electron chi connectivity index (χ2n) is 2.37. The normalized spacial score (nSPS) is 20.0. The average Bonchev–Trinajstić information content (AvgIpc) is 2.44. The van der Waals surface area contributed by atoms with Crippen molar-refractivity contribution in [3.63, 3.8) is 0 Å². The summed E-state index contributed by atoms with van der Waals surface area (Å²) in [5, 5.41) is 1.71. The molecule has 1 aromatic rings. The van der Waals surface area contributed by atoms with Crippen LogP contribution in [0.4, 0.5) is 0 Å². The number of hydrogen-bond donors (Lipinski definition) is 0. The third-order valence-electron chi connectivity index (χ3n) is 1.68. The van der Waals surface area contributed by atoms with Crippen molar-refractivity contribution in [3.8, 4) is 0 Å². The van der Waals surface area contributed by atoms with Crippen LogP contribution in [0.3, 0.4) is 0 Å². The van der Waals surface area contributed by atoms with Gasteiger partial charge < -0.3 is 0 Å². The first-order valence-electron chi connectivity index (χ1n) is 3.54. The fourth-order valence-corrected chi connectivity index (χ4v) is 2.37. The highest BCUT2D eigenvalue weighted by Gasteiger charge is 2.18. The van der Waals surface area contributed by atoms with Gasteiger partial charge in [0.1, 0.15) is 0 Å². The summed E-state index contributed by atoms with van der Waals surface area (Å²) in [4.78, 5) is 12.2. The molecule has 1 unspecified atom stereocenters. The van der Waals surface area contributed by atoms with Crippen molar-refractivity contribution in [1.82, 2.24) is 0 Å². The van der Waals surface area contributed by atoms with Gasteiger partial charge in [0.2, 0.25) is 0 Å². The average molecular weight is 177 g/mol. The van der Waals surface area contributed by atoms with E-state index in [1.54, 1.807) is 11.5 Å². The fourth-order valence-electron chi connectivity index (χ4n) is 1.14. The predicted octanol–water partition coefficient (Wildman–Crippen LogP) is 2.14. The molecule has 2 nitrogen and oxygen atoms in total. The maximum atomic E-state index is 11.2. The summed E-state index contributed by atoms with van der Waals surface area (Å²) in [6.07, 6.45) is 0. The lowest BCUT2D eigenvalue weighted by molar-refractivity contribution is 0.101. The van der Waals surface area contributed by atoms with Gasteiger partial charge in [0.05, 0.1) is 5.56 Å². The Labute approximate surface area is 73.0 Å². The lowest BCUT2D eigenvalue weighted by Gasteiger charge is -1.95. The monoisotopic (exact) mass is 177 g/mol. The van der Waals surface area contributed by atoms with Crippen LogP contribution in [-0.2, 0) is 10.7 Å². The van der Waals surface area contributed by atoms with E-state index in [2.05, 4.69) is 10.9 Å². The molecule has 0 N–H and O–H groups in total. The summed E-state index contributed by atoms with van der Waals surface area (Å²) in [6.45, 7) is 3.64. The number of nitrogens with zero attached hydrogens (tertiary/aromatic N) is 1. The first-order chi connectivity index (χ1) is 5.83. The van der Waals surface area contributed by atoms with Crippen LogP contribution in [0.2, 0.25) is 0 Å². The van der Waals surface area contributed by atoms with Crippen LogP contribution in [0.1, 0.15) is 10.4 Å². The minimum atomic E-state index is -0.400. The number of carbonyl (C=O) groups excluding carboxylic acids is 1. The standard InChI is InChI=1S/C9H7NOS/c1-2-12-8-6-4-3-5-7(8)9(11)10-12/h2-6H,1H2. The summed E-state index contributed by atoms with van der Waals surface area (Å²) >= 11 is 0. The van der Waals surface area contributed by atoms with E-state index in [0.29, 0.717) is 0 Å². The molecule has 12 heavy (non-hydrogen) atoms. The molecule has 0 saturated carbocycles. The molecule has 0 fully saturated rings. The summed E-state index contributed by atoms with van der Waals surface area (Å²) in [6, 6.07) is 7.49. The third-order valence-corrected chi connectivity index (χ3v) is 3.17. The highest BCUT2D eigenvalue weighted by Crippen LogP contribution is 2.23. The Morgan fingerprint density at radius 2 is 2.17 bits per heavy atom. The molecule has 60 valence electrons. The van der Waals surface area contributed by atoms with Crippen molar-refractivity contribution in [2.45, 2.75) is 4.90 Å². The second kappa shape index (κ2) is 2.68. The first kappa shape index (κ1) is 7.43. The minimum absolute atomic E-state index is 0.117. The fraction of sp³-hybridized carbons (Fsp3) is 0. The van der Waals surface area contributed by atoms with Crippen LogP contribution < -0.4 is 0 Å². The zero-order valence-corrected chi connectivity index (χ0v) is 7.17. The molecule has 0 spiro atoms. The van der Waals surface area contributed by atoms with Crippen molar-refractivity contribution in [1.29, 1.82) is 0 Å². The molecule has 0 saturated heterocycles. The Morgan fingerprint density at radius 3 is 2.92 bits per heavy atom. The maximum absolute atomic E-state index is 11.2. The quantitative estimate of drug-likeness (QED) is 0.646. The molecule has 2 rings (SSSR count). The molecule has 3 heteroatoms. The Hall–Kier alpha value is -1.22. The molecule has 0 radical (unpaired) electrons.